The van der Waals surface area contributed by atoms with Gasteiger partial charge in [0.15, 0.2) is 0 Å². The smallest absolute Gasteiger partial charge is 0.244 e. The first kappa shape index (κ1) is 18.4. The maximum absolute atomic E-state index is 12.8. The first-order valence-electron chi connectivity index (χ1n) is 6.68. The summed E-state index contributed by atoms with van der Waals surface area (Å²) in [6, 6.07) is 4.38. The van der Waals surface area contributed by atoms with Gasteiger partial charge >= 0.3 is 0 Å². The van der Waals surface area contributed by atoms with Gasteiger partial charge in [-0.15, -0.1) is 0 Å². The molecule has 118 valence electrons. The van der Waals surface area contributed by atoms with Crippen molar-refractivity contribution in [2.75, 3.05) is 6.54 Å². The lowest BCUT2D eigenvalue weighted by molar-refractivity contribution is 0.319. The lowest BCUT2D eigenvalue weighted by Crippen LogP contribution is -2.39. The highest BCUT2D eigenvalue weighted by Gasteiger charge is 2.29. The molecule has 0 radical (unpaired) electrons. The van der Waals surface area contributed by atoms with Gasteiger partial charge in [-0.05, 0) is 31.9 Å². The summed E-state index contributed by atoms with van der Waals surface area (Å²) in [6.45, 7) is 8.08. The Morgan fingerprint density at radius 1 is 1.33 bits per heavy atom. The average molecular weight is 349 g/mol. The normalized spacial score (nSPS) is 12.4. The van der Waals surface area contributed by atoms with Gasteiger partial charge in [0.25, 0.3) is 0 Å². The van der Waals surface area contributed by atoms with E-state index < -0.39 is 10.0 Å². The van der Waals surface area contributed by atoms with Crippen LogP contribution in [0.4, 0.5) is 0 Å². The van der Waals surface area contributed by atoms with Crippen molar-refractivity contribution in [1.82, 2.24) is 4.31 Å². The van der Waals surface area contributed by atoms with Crippen LogP contribution < -0.4 is 5.73 Å². The van der Waals surface area contributed by atoms with Crippen LogP contribution in [-0.2, 0) is 10.0 Å². The first-order chi connectivity index (χ1) is 9.57. The lowest BCUT2D eigenvalue weighted by atomic mass is 10.2. The standard InChI is InChI=1S/C14H21ClN2O2S2/c1-9(2)8-17(10(3)4)21(18,19)13-6-5-11(14(16)20)7-12(13)15/h5-7,9-10H,8H2,1-4H3,(H2,16,20). The summed E-state index contributed by atoms with van der Waals surface area (Å²) in [5, 5.41) is 0.134. The number of benzene rings is 1. The minimum atomic E-state index is -3.65. The van der Waals surface area contributed by atoms with Crippen LogP contribution >= 0.6 is 23.8 Å². The van der Waals surface area contributed by atoms with Crippen LogP contribution in [0.15, 0.2) is 23.1 Å². The van der Waals surface area contributed by atoms with Gasteiger partial charge in [-0.2, -0.15) is 4.31 Å². The summed E-state index contributed by atoms with van der Waals surface area (Å²) >= 11 is 11.0. The molecule has 0 aliphatic carbocycles. The molecule has 7 heteroatoms. The molecule has 1 rings (SSSR count). The van der Waals surface area contributed by atoms with Gasteiger partial charge in [-0.3, -0.25) is 0 Å². The van der Waals surface area contributed by atoms with Gasteiger partial charge in [0.2, 0.25) is 10.0 Å². The maximum atomic E-state index is 12.8. The van der Waals surface area contributed by atoms with Crippen LogP contribution in [0.3, 0.4) is 0 Å². The molecular weight excluding hydrogens is 328 g/mol. The Morgan fingerprint density at radius 3 is 2.29 bits per heavy atom. The molecule has 0 aliphatic heterocycles. The number of thiocarbonyl (C=S) groups is 1. The Morgan fingerprint density at radius 2 is 1.90 bits per heavy atom. The topological polar surface area (TPSA) is 63.4 Å². The largest absolute Gasteiger partial charge is 0.389 e. The number of nitrogens with zero attached hydrogens (tertiary/aromatic N) is 1. The predicted octanol–water partition coefficient (Wildman–Crippen LogP) is 3.03. The summed E-state index contributed by atoms with van der Waals surface area (Å²) in [6.07, 6.45) is 0. The number of hydrogen-bond donors (Lipinski definition) is 1. The highest BCUT2D eigenvalue weighted by atomic mass is 35.5. The molecule has 0 saturated heterocycles. The fraction of sp³-hybridized carbons (Fsp3) is 0.500. The van der Waals surface area contributed by atoms with Crippen LogP contribution in [-0.4, -0.2) is 30.3 Å². The van der Waals surface area contributed by atoms with E-state index in [0.717, 1.165) is 0 Å². The van der Waals surface area contributed by atoms with Gasteiger partial charge in [0, 0.05) is 18.2 Å². The zero-order valence-corrected chi connectivity index (χ0v) is 15.0. The second-order valence-electron chi connectivity index (χ2n) is 5.57. The van der Waals surface area contributed by atoms with Crippen molar-refractivity contribution in [2.24, 2.45) is 11.7 Å². The van der Waals surface area contributed by atoms with Gasteiger partial charge in [0.05, 0.1) is 5.02 Å². The van der Waals surface area contributed by atoms with Gasteiger partial charge < -0.3 is 5.73 Å². The second kappa shape index (κ2) is 7.05. The molecule has 0 bridgehead atoms. The lowest BCUT2D eigenvalue weighted by Gasteiger charge is -2.28. The Balaban J connectivity index is 3.31. The molecule has 1 aromatic carbocycles. The highest BCUT2D eigenvalue weighted by Crippen LogP contribution is 2.27. The molecule has 0 unspecified atom stereocenters. The van der Waals surface area contributed by atoms with Crippen LogP contribution in [0.1, 0.15) is 33.3 Å². The number of halogens is 1. The molecule has 0 heterocycles. The predicted molar refractivity (Wildman–Crippen MR) is 91.2 cm³/mol. The molecule has 2 N–H and O–H groups in total. The van der Waals surface area contributed by atoms with Gasteiger partial charge in [-0.1, -0.05) is 43.7 Å². The Labute approximate surface area is 137 Å². The van der Waals surface area contributed by atoms with E-state index in [2.05, 4.69) is 0 Å². The molecule has 0 saturated carbocycles. The van der Waals surface area contributed by atoms with Gasteiger partial charge in [-0.25, -0.2) is 8.42 Å². The molecule has 0 atom stereocenters. The monoisotopic (exact) mass is 348 g/mol. The van der Waals surface area contributed by atoms with E-state index >= 15 is 0 Å². The van der Waals surface area contributed by atoms with Crippen molar-refractivity contribution in [1.29, 1.82) is 0 Å². The summed E-state index contributed by atoms with van der Waals surface area (Å²) in [5.74, 6) is 0.219. The second-order valence-corrected chi connectivity index (χ2v) is 8.28. The number of nitrogens with two attached hydrogens (primary N) is 1. The van der Waals surface area contributed by atoms with E-state index in [0.29, 0.717) is 12.1 Å². The Kier molecular flexibility index (Phi) is 6.16. The van der Waals surface area contributed by atoms with E-state index in [-0.39, 0.29) is 26.9 Å². The molecule has 0 fully saturated rings. The van der Waals surface area contributed by atoms with E-state index in [1.807, 2.05) is 27.7 Å². The van der Waals surface area contributed by atoms with Crippen LogP contribution in [0, 0.1) is 5.92 Å². The number of hydrogen-bond acceptors (Lipinski definition) is 3. The molecule has 0 aliphatic rings. The molecule has 0 aromatic heterocycles. The zero-order valence-electron chi connectivity index (χ0n) is 12.6. The maximum Gasteiger partial charge on any atom is 0.244 e. The van der Waals surface area contributed by atoms with Crippen molar-refractivity contribution >= 4 is 38.8 Å². The number of rotatable bonds is 6. The van der Waals surface area contributed by atoms with Gasteiger partial charge in [0.1, 0.15) is 9.88 Å². The molecule has 0 amide bonds. The quantitative estimate of drug-likeness (QED) is 0.802. The SMILES string of the molecule is CC(C)CN(C(C)C)S(=O)(=O)c1ccc(C(N)=S)cc1Cl. The molecule has 0 spiro atoms. The molecule has 4 nitrogen and oxygen atoms in total. The van der Waals surface area contributed by atoms with Crippen LogP contribution in [0.25, 0.3) is 0 Å². The fourth-order valence-electron chi connectivity index (χ4n) is 1.94. The fourth-order valence-corrected chi connectivity index (χ4v) is 4.38. The summed E-state index contributed by atoms with van der Waals surface area (Å²) in [4.78, 5) is 0.266. The zero-order chi connectivity index (χ0) is 16.4. The first-order valence-corrected chi connectivity index (χ1v) is 8.91. The van der Waals surface area contributed by atoms with Crippen LogP contribution in [0.2, 0.25) is 5.02 Å². The minimum absolute atomic E-state index is 0.0820. The third-order valence-electron chi connectivity index (χ3n) is 2.92. The van der Waals surface area contributed by atoms with Crippen molar-refractivity contribution in [3.63, 3.8) is 0 Å². The van der Waals surface area contributed by atoms with E-state index in [1.165, 1.54) is 16.4 Å². The average Bonchev–Trinajstić information content (AvgIpc) is 2.34. The van der Waals surface area contributed by atoms with Crippen LogP contribution in [0.5, 0.6) is 0 Å². The van der Waals surface area contributed by atoms with E-state index in [9.17, 15) is 8.42 Å². The third kappa shape index (κ3) is 4.39. The highest BCUT2D eigenvalue weighted by molar-refractivity contribution is 7.89. The summed E-state index contributed by atoms with van der Waals surface area (Å²) in [7, 11) is -3.65. The third-order valence-corrected chi connectivity index (χ3v) is 5.68. The summed E-state index contributed by atoms with van der Waals surface area (Å²) in [5.41, 5.74) is 6.08. The molecule has 21 heavy (non-hydrogen) atoms. The Bertz CT molecular complexity index is 628. The van der Waals surface area contributed by atoms with E-state index in [4.69, 9.17) is 29.6 Å². The van der Waals surface area contributed by atoms with Crippen molar-refractivity contribution in [3.8, 4) is 0 Å². The summed E-state index contributed by atoms with van der Waals surface area (Å²) < 4.78 is 27.0. The van der Waals surface area contributed by atoms with Crippen molar-refractivity contribution in [3.05, 3.63) is 28.8 Å². The van der Waals surface area contributed by atoms with Crippen molar-refractivity contribution in [2.45, 2.75) is 38.6 Å². The number of sulfonamides is 1. The van der Waals surface area contributed by atoms with E-state index in [1.54, 1.807) is 6.07 Å². The van der Waals surface area contributed by atoms with Crippen molar-refractivity contribution < 1.29 is 8.42 Å². The minimum Gasteiger partial charge on any atom is -0.389 e. The Hall–Kier alpha value is -0.690. The molecule has 1 aromatic rings. The molecular formula is C14H21ClN2O2S2.